The van der Waals surface area contributed by atoms with Gasteiger partial charge in [0.1, 0.15) is 11.6 Å². The van der Waals surface area contributed by atoms with E-state index in [1.165, 1.54) is 24.1 Å². The van der Waals surface area contributed by atoms with Gasteiger partial charge in [-0.1, -0.05) is 6.07 Å². The highest BCUT2D eigenvalue weighted by molar-refractivity contribution is 5.52. The number of imidazole rings is 1. The van der Waals surface area contributed by atoms with Crippen molar-refractivity contribution in [2.45, 2.75) is 32.2 Å². The van der Waals surface area contributed by atoms with Crippen molar-refractivity contribution < 1.29 is 0 Å². The second-order valence-corrected chi connectivity index (χ2v) is 7.31. The number of anilines is 2. The van der Waals surface area contributed by atoms with Crippen molar-refractivity contribution in [3.63, 3.8) is 0 Å². The van der Waals surface area contributed by atoms with Crippen LogP contribution >= 0.6 is 0 Å². The Labute approximate surface area is 160 Å². The summed E-state index contributed by atoms with van der Waals surface area (Å²) in [6.07, 6.45) is 8.08. The molecule has 6 nitrogen and oxygen atoms in total. The fourth-order valence-corrected chi connectivity index (χ4v) is 3.70. The summed E-state index contributed by atoms with van der Waals surface area (Å²) in [4.78, 5) is 15.7. The van der Waals surface area contributed by atoms with E-state index in [4.69, 9.17) is 0 Å². The first kappa shape index (κ1) is 17.7. The summed E-state index contributed by atoms with van der Waals surface area (Å²) in [5.74, 6) is 2.29. The van der Waals surface area contributed by atoms with Crippen LogP contribution in [0.2, 0.25) is 0 Å². The van der Waals surface area contributed by atoms with E-state index in [0.29, 0.717) is 5.92 Å². The van der Waals surface area contributed by atoms with Crippen LogP contribution in [0.4, 0.5) is 11.6 Å². The summed E-state index contributed by atoms with van der Waals surface area (Å²) in [7, 11) is 2.06. The van der Waals surface area contributed by atoms with E-state index in [-0.39, 0.29) is 0 Å². The number of hydrogen-bond acceptors (Lipinski definition) is 5. The second-order valence-electron chi connectivity index (χ2n) is 7.31. The first-order valence-corrected chi connectivity index (χ1v) is 9.51. The highest BCUT2D eigenvalue weighted by Gasteiger charge is 2.21. The lowest BCUT2D eigenvalue weighted by Crippen LogP contribution is -2.33. The Balaban J connectivity index is 1.37. The standard InChI is InChI=1S/C21H26N6/c1-16-4-3-5-20(24-16)25-21-12-18(6-9-23-21)17-7-10-27(11-8-17)14-19-13-22-15-26(19)2/h3-6,9,12-13,15,17H,7-8,10-11,14H2,1-2H3,(H,23,24,25). The van der Waals surface area contributed by atoms with E-state index in [9.17, 15) is 0 Å². The first-order chi connectivity index (χ1) is 13.2. The normalized spacial score (nSPS) is 15.8. The van der Waals surface area contributed by atoms with Gasteiger partial charge in [-0.25, -0.2) is 15.0 Å². The maximum atomic E-state index is 4.50. The highest BCUT2D eigenvalue weighted by atomic mass is 15.2. The van der Waals surface area contributed by atoms with E-state index in [1.807, 2.05) is 43.8 Å². The van der Waals surface area contributed by atoms with Crippen molar-refractivity contribution >= 4 is 11.6 Å². The molecular formula is C21H26N6. The predicted molar refractivity (Wildman–Crippen MR) is 107 cm³/mol. The van der Waals surface area contributed by atoms with Gasteiger partial charge in [-0.2, -0.15) is 0 Å². The Morgan fingerprint density at radius 1 is 1.15 bits per heavy atom. The summed E-state index contributed by atoms with van der Waals surface area (Å²) in [5, 5.41) is 3.33. The second kappa shape index (κ2) is 7.88. The van der Waals surface area contributed by atoms with Crippen LogP contribution < -0.4 is 5.32 Å². The largest absolute Gasteiger partial charge is 0.337 e. The molecule has 6 heteroatoms. The first-order valence-electron chi connectivity index (χ1n) is 9.51. The van der Waals surface area contributed by atoms with Gasteiger partial charge in [0.2, 0.25) is 0 Å². The van der Waals surface area contributed by atoms with Crippen LogP contribution in [0.25, 0.3) is 0 Å². The Kier molecular flexibility index (Phi) is 5.16. The number of nitrogens with zero attached hydrogens (tertiary/aromatic N) is 5. The van der Waals surface area contributed by atoms with E-state index >= 15 is 0 Å². The molecule has 1 saturated heterocycles. The fraction of sp³-hybridized carbons (Fsp3) is 0.381. The summed E-state index contributed by atoms with van der Waals surface area (Å²) in [6.45, 7) is 5.19. The molecule has 1 aliphatic rings. The minimum Gasteiger partial charge on any atom is -0.337 e. The number of pyridine rings is 2. The van der Waals surface area contributed by atoms with Crippen molar-refractivity contribution in [3.05, 3.63) is 66.0 Å². The molecule has 3 aromatic heterocycles. The smallest absolute Gasteiger partial charge is 0.131 e. The van der Waals surface area contributed by atoms with Gasteiger partial charge in [-0.3, -0.25) is 4.90 Å². The maximum absolute atomic E-state index is 4.50. The van der Waals surface area contributed by atoms with Gasteiger partial charge in [0.05, 0.1) is 12.0 Å². The molecule has 0 bridgehead atoms. The molecule has 0 saturated carbocycles. The number of nitrogens with one attached hydrogen (secondary N) is 1. The van der Waals surface area contributed by atoms with E-state index in [2.05, 4.69) is 48.9 Å². The van der Waals surface area contributed by atoms with Crippen LogP contribution in [0.3, 0.4) is 0 Å². The Morgan fingerprint density at radius 3 is 2.74 bits per heavy atom. The Hall–Kier alpha value is -2.73. The Morgan fingerprint density at radius 2 is 2.00 bits per heavy atom. The van der Waals surface area contributed by atoms with E-state index < -0.39 is 0 Å². The molecule has 0 aliphatic carbocycles. The topological polar surface area (TPSA) is 58.9 Å². The quantitative estimate of drug-likeness (QED) is 0.751. The lowest BCUT2D eigenvalue weighted by Gasteiger charge is -2.32. The molecule has 1 N–H and O–H groups in total. The fourth-order valence-electron chi connectivity index (χ4n) is 3.70. The summed E-state index contributed by atoms with van der Waals surface area (Å²) in [6, 6.07) is 10.3. The van der Waals surface area contributed by atoms with Gasteiger partial charge in [-0.15, -0.1) is 0 Å². The molecule has 27 heavy (non-hydrogen) atoms. The third-order valence-corrected chi connectivity index (χ3v) is 5.29. The van der Waals surface area contributed by atoms with Crippen LogP contribution in [-0.4, -0.2) is 37.5 Å². The lowest BCUT2D eigenvalue weighted by atomic mass is 9.90. The monoisotopic (exact) mass is 362 g/mol. The Bertz CT molecular complexity index is 895. The van der Waals surface area contributed by atoms with Gasteiger partial charge >= 0.3 is 0 Å². The minimum absolute atomic E-state index is 0.585. The number of aromatic nitrogens is 4. The van der Waals surface area contributed by atoms with Crippen LogP contribution in [0.15, 0.2) is 49.1 Å². The number of rotatable bonds is 5. The van der Waals surface area contributed by atoms with Crippen LogP contribution in [0.5, 0.6) is 0 Å². The van der Waals surface area contributed by atoms with Gasteiger partial charge in [0, 0.05) is 31.7 Å². The van der Waals surface area contributed by atoms with Gasteiger partial charge in [-0.05, 0) is 68.6 Å². The number of aryl methyl sites for hydroxylation is 2. The zero-order valence-corrected chi connectivity index (χ0v) is 16.0. The van der Waals surface area contributed by atoms with Gasteiger partial charge in [0.15, 0.2) is 0 Å². The lowest BCUT2D eigenvalue weighted by molar-refractivity contribution is 0.201. The van der Waals surface area contributed by atoms with Crippen LogP contribution in [0.1, 0.15) is 35.7 Å². The third kappa shape index (κ3) is 4.34. The van der Waals surface area contributed by atoms with E-state index in [1.54, 1.807) is 0 Å². The minimum atomic E-state index is 0.585. The van der Waals surface area contributed by atoms with Crippen molar-refractivity contribution in [1.29, 1.82) is 0 Å². The number of likely N-dealkylation sites (tertiary alicyclic amines) is 1. The van der Waals surface area contributed by atoms with E-state index in [0.717, 1.165) is 37.0 Å². The molecule has 0 aromatic carbocycles. The average molecular weight is 362 g/mol. The van der Waals surface area contributed by atoms with Crippen molar-refractivity contribution in [3.8, 4) is 0 Å². The zero-order chi connectivity index (χ0) is 18.6. The SMILES string of the molecule is Cc1cccc(Nc2cc(C3CCN(Cc4cncn4C)CC3)ccn2)n1. The maximum Gasteiger partial charge on any atom is 0.131 e. The summed E-state index contributed by atoms with van der Waals surface area (Å²) in [5.41, 5.74) is 3.63. The van der Waals surface area contributed by atoms with Gasteiger partial charge < -0.3 is 9.88 Å². The highest BCUT2D eigenvalue weighted by Crippen LogP contribution is 2.30. The molecule has 140 valence electrons. The molecule has 0 unspecified atom stereocenters. The zero-order valence-electron chi connectivity index (χ0n) is 16.0. The number of hydrogen-bond donors (Lipinski definition) is 1. The molecule has 1 aliphatic heterocycles. The molecule has 1 fully saturated rings. The van der Waals surface area contributed by atoms with Crippen molar-refractivity contribution in [2.75, 3.05) is 18.4 Å². The van der Waals surface area contributed by atoms with Gasteiger partial charge in [0.25, 0.3) is 0 Å². The van der Waals surface area contributed by atoms with Crippen molar-refractivity contribution in [2.24, 2.45) is 7.05 Å². The van der Waals surface area contributed by atoms with Crippen LogP contribution in [-0.2, 0) is 13.6 Å². The molecular weight excluding hydrogens is 336 g/mol. The summed E-state index contributed by atoms with van der Waals surface area (Å²) < 4.78 is 2.10. The third-order valence-electron chi connectivity index (χ3n) is 5.29. The molecule has 0 amide bonds. The van der Waals surface area contributed by atoms with Crippen LogP contribution in [0, 0.1) is 6.92 Å². The molecule has 4 rings (SSSR count). The molecule has 0 radical (unpaired) electrons. The van der Waals surface area contributed by atoms with Crippen molar-refractivity contribution in [1.82, 2.24) is 24.4 Å². The summed E-state index contributed by atoms with van der Waals surface area (Å²) >= 11 is 0. The molecule has 4 heterocycles. The predicted octanol–water partition coefficient (Wildman–Crippen LogP) is 3.64. The molecule has 0 atom stereocenters. The number of piperidine rings is 1. The average Bonchev–Trinajstić information content (AvgIpc) is 3.07. The molecule has 0 spiro atoms. The molecule has 3 aromatic rings.